The van der Waals surface area contributed by atoms with Crippen molar-refractivity contribution in [2.75, 3.05) is 19.6 Å². The van der Waals surface area contributed by atoms with E-state index >= 15 is 0 Å². The van der Waals surface area contributed by atoms with Gasteiger partial charge in [-0.2, -0.15) is 8.93 Å². The van der Waals surface area contributed by atoms with Gasteiger partial charge in [0, 0.05) is 36.7 Å². The first-order chi connectivity index (χ1) is 20.4. The number of likely N-dealkylation sites (tertiary alicyclic amines) is 1. The van der Waals surface area contributed by atoms with E-state index in [1.165, 1.54) is 0 Å². The maximum Gasteiger partial charge on any atom is 0.299 e. The SMILES string of the molecule is Cc1ccc2[nH]cc(CC(NS(=O)(=O)c3ccc4ccccc4c3)C(=O)NCC3CCCN(C(=N)N)C3)c2c1.O=S(O)O. The molecule has 1 aliphatic heterocycles. The fraction of sp³-hybridized carbons (Fsp3) is 0.310. The maximum atomic E-state index is 13.5. The number of aryl methyl sites for hydroxylation is 1. The second kappa shape index (κ2) is 14.1. The highest BCUT2D eigenvalue weighted by atomic mass is 32.2. The van der Waals surface area contributed by atoms with Crippen molar-refractivity contribution in [2.24, 2.45) is 11.7 Å². The van der Waals surface area contributed by atoms with Crippen molar-refractivity contribution >= 4 is 54.9 Å². The van der Waals surface area contributed by atoms with Gasteiger partial charge in [0.15, 0.2) is 5.96 Å². The van der Waals surface area contributed by atoms with Crippen LogP contribution in [0.4, 0.5) is 0 Å². The molecule has 0 bridgehead atoms. The average molecular weight is 629 g/mol. The third-order valence-electron chi connectivity index (χ3n) is 7.42. The number of nitrogens with two attached hydrogens (primary N) is 1. The first-order valence-electron chi connectivity index (χ1n) is 13.7. The fourth-order valence-electron chi connectivity index (χ4n) is 5.28. The predicted molar refractivity (Wildman–Crippen MR) is 167 cm³/mol. The summed E-state index contributed by atoms with van der Waals surface area (Å²) in [4.78, 5) is 18.7. The Labute approximate surface area is 252 Å². The van der Waals surface area contributed by atoms with Crippen LogP contribution in [0, 0.1) is 18.3 Å². The molecular formula is C29H36N6O6S2. The van der Waals surface area contributed by atoms with Crippen molar-refractivity contribution in [1.82, 2.24) is 19.9 Å². The van der Waals surface area contributed by atoms with Crippen LogP contribution in [0.5, 0.6) is 0 Å². The van der Waals surface area contributed by atoms with Gasteiger partial charge in [0.1, 0.15) is 6.04 Å². The molecule has 8 N–H and O–H groups in total. The molecule has 1 fully saturated rings. The van der Waals surface area contributed by atoms with Crippen molar-refractivity contribution in [2.45, 2.75) is 37.1 Å². The van der Waals surface area contributed by atoms with Gasteiger partial charge in [0.25, 0.3) is 11.4 Å². The number of benzene rings is 3. The summed E-state index contributed by atoms with van der Waals surface area (Å²) in [7, 11) is -4.00. The van der Waals surface area contributed by atoms with E-state index in [4.69, 9.17) is 24.5 Å². The molecule has 1 aromatic heterocycles. The zero-order valence-corrected chi connectivity index (χ0v) is 25.2. The summed E-state index contributed by atoms with van der Waals surface area (Å²) in [5, 5.41) is 13.4. The Bertz CT molecular complexity index is 1740. The molecule has 2 heterocycles. The van der Waals surface area contributed by atoms with E-state index in [1.54, 1.807) is 23.1 Å². The summed E-state index contributed by atoms with van der Waals surface area (Å²) in [5.41, 5.74) is 8.53. The Morgan fingerprint density at radius 2 is 1.88 bits per heavy atom. The van der Waals surface area contributed by atoms with Gasteiger partial charge >= 0.3 is 0 Å². The smallest absolute Gasteiger partial charge is 0.299 e. The number of nitrogens with one attached hydrogen (secondary N) is 4. The summed E-state index contributed by atoms with van der Waals surface area (Å²) in [6.45, 7) is 3.69. The highest BCUT2D eigenvalue weighted by Gasteiger charge is 2.28. The number of amides is 1. The van der Waals surface area contributed by atoms with E-state index in [0.717, 1.165) is 52.2 Å². The summed E-state index contributed by atoms with van der Waals surface area (Å²) < 4.78 is 52.6. The van der Waals surface area contributed by atoms with E-state index in [2.05, 4.69) is 15.0 Å². The first kappa shape index (κ1) is 32.1. The number of hydrogen-bond donors (Lipinski definition) is 7. The summed E-state index contributed by atoms with van der Waals surface area (Å²) in [6.07, 6.45) is 3.80. The third kappa shape index (κ3) is 8.61. The number of H-pyrrole nitrogens is 1. The van der Waals surface area contributed by atoms with Gasteiger partial charge in [-0.1, -0.05) is 42.0 Å². The van der Waals surface area contributed by atoms with Crippen LogP contribution in [-0.2, 0) is 32.6 Å². The lowest BCUT2D eigenvalue weighted by Gasteiger charge is -2.33. The van der Waals surface area contributed by atoms with Gasteiger partial charge < -0.3 is 20.9 Å². The standard InChI is InChI=1S/C29H34N6O3S.H2O3S/c1-19-8-11-26-25(13-19)23(17-32-26)15-27(28(36)33-16-20-5-4-12-35(18-20)29(30)31)34-39(37,38)24-10-9-21-6-2-3-7-22(21)14-24;1-4(2)3/h2-3,6-11,13-14,17,20,27,32,34H,4-5,12,15-16,18H2,1H3,(H3,30,31)(H,33,36);(H2,1,2,3). The van der Waals surface area contributed by atoms with Crippen molar-refractivity contribution in [3.05, 3.63) is 78.0 Å². The minimum Gasteiger partial charge on any atom is -0.370 e. The summed E-state index contributed by atoms with van der Waals surface area (Å²) >= 11 is -2.61. The van der Waals surface area contributed by atoms with Gasteiger partial charge in [-0.05, 0) is 72.7 Å². The van der Waals surface area contributed by atoms with E-state index in [1.807, 2.05) is 55.6 Å². The van der Waals surface area contributed by atoms with E-state index in [0.29, 0.717) is 13.1 Å². The number of carbonyl (C=O) groups is 1. The number of carbonyl (C=O) groups excluding carboxylic acids is 1. The zero-order chi connectivity index (χ0) is 31.1. The zero-order valence-electron chi connectivity index (χ0n) is 23.6. The molecule has 4 aromatic rings. The predicted octanol–water partition coefficient (Wildman–Crippen LogP) is 2.92. The molecule has 12 nitrogen and oxygen atoms in total. The van der Waals surface area contributed by atoms with Crippen LogP contribution in [0.1, 0.15) is 24.0 Å². The van der Waals surface area contributed by atoms with Gasteiger partial charge in [-0.15, -0.1) is 0 Å². The number of rotatable bonds is 8. The average Bonchev–Trinajstić information content (AvgIpc) is 3.36. The van der Waals surface area contributed by atoms with E-state index < -0.39 is 27.4 Å². The van der Waals surface area contributed by atoms with Crippen LogP contribution in [0.3, 0.4) is 0 Å². The molecule has 1 amide bonds. The Morgan fingerprint density at radius 1 is 1.16 bits per heavy atom. The highest BCUT2D eigenvalue weighted by molar-refractivity contribution is 7.89. The van der Waals surface area contributed by atoms with Crippen molar-refractivity contribution < 1.29 is 26.5 Å². The largest absolute Gasteiger partial charge is 0.370 e. The van der Waals surface area contributed by atoms with Gasteiger partial charge in [-0.3, -0.25) is 19.3 Å². The van der Waals surface area contributed by atoms with Gasteiger partial charge in [0.05, 0.1) is 4.90 Å². The molecule has 0 radical (unpaired) electrons. The first-order valence-corrected chi connectivity index (χ1v) is 16.2. The number of nitrogens with zero attached hydrogens (tertiary/aromatic N) is 1. The van der Waals surface area contributed by atoms with Crippen LogP contribution >= 0.6 is 0 Å². The Kier molecular flexibility index (Phi) is 10.5. The number of piperidine rings is 1. The molecule has 3 aromatic carbocycles. The van der Waals surface area contributed by atoms with Crippen molar-refractivity contribution in [3.63, 3.8) is 0 Å². The number of aromatic amines is 1. The van der Waals surface area contributed by atoms with Crippen LogP contribution in [0.25, 0.3) is 21.7 Å². The number of guanidine groups is 1. The molecule has 0 aliphatic carbocycles. The Hall–Kier alpha value is -3.82. The lowest BCUT2D eigenvalue weighted by atomic mass is 9.98. The second-order valence-electron chi connectivity index (χ2n) is 10.6. The highest BCUT2D eigenvalue weighted by Crippen LogP contribution is 2.23. The molecule has 230 valence electrons. The molecular weight excluding hydrogens is 592 g/mol. The molecule has 14 heteroatoms. The summed E-state index contributed by atoms with van der Waals surface area (Å²) in [5.74, 6) is -0.233. The number of hydrogen-bond acceptors (Lipinski definition) is 5. The lowest BCUT2D eigenvalue weighted by molar-refractivity contribution is -0.122. The number of aromatic nitrogens is 1. The van der Waals surface area contributed by atoms with Crippen molar-refractivity contribution in [3.8, 4) is 0 Å². The molecule has 1 aliphatic rings. The van der Waals surface area contributed by atoms with Crippen LogP contribution in [-0.4, -0.2) is 69.2 Å². The molecule has 5 rings (SSSR count). The van der Waals surface area contributed by atoms with Crippen LogP contribution < -0.4 is 15.8 Å². The van der Waals surface area contributed by atoms with Gasteiger partial charge in [-0.25, -0.2) is 8.42 Å². The Balaban J connectivity index is 0.000000996. The lowest BCUT2D eigenvalue weighted by Crippen LogP contribution is -2.51. The topological polar surface area (TPSA) is 202 Å². The molecule has 2 unspecified atom stereocenters. The summed E-state index contributed by atoms with van der Waals surface area (Å²) in [6, 6.07) is 17.5. The third-order valence-corrected chi connectivity index (χ3v) is 8.89. The van der Waals surface area contributed by atoms with E-state index in [9.17, 15) is 13.2 Å². The molecule has 0 spiro atoms. The number of sulfonamides is 1. The molecule has 1 saturated heterocycles. The van der Waals surface area contributed by atoms with Crippen LogP contribution in [0.15, 0.2) is 71.8 Å². The monoisotopic (exact) mass is 628 g/mol. The normalized spacial score (nSPS) is 16.1. The number of fused-ring (bicyclic) bond motifs is 2. The van der Waals surface area contributed by atoms with E-state index in [-0.39, 0.29) is 29.1 Å². The minimum absolute atomic E-state index is 0.0293. The minimum atomic E-state index is -4.00. The second-order valence-corrected chi connectivity index (χ2v) is 12.7. The fourth-order valence-corrected chi connectivity index (χ4v) is 6.51. The maximum absolute atomic E-state index is 13.5. The molecule has 2 atom stereocenters. The van der Waals surface area contributed by atoms with Crippen molar-refractivity contribution in [1.29, 1.82) is 5.41 Å². The molecule has 43 heavy (non-hydrogen) atoms. The van der Waals surface area contributed by atoms with Crippen LogP contribution in [0.2, 0.25) is 0 Å². The Morgan fingerprint density at radius 3 is 2.60 bits per heavy atom. The molecule has 0 saturated carbocycles. The quantitative estimate of drug-likeness (QED) is 0.0876. The van der Waals surface area contributed by atoms with Gasteiger partial charge in [0.2, 0.25) is 15.9 Å².